The first-order valence-electron chi connectivity index (χ1n) is 12.5. The first kappa shape index (κ1) is 26.5. The van der Waals surface area contributed by atoms with E-state index in [1.54, 1.807) is 0 Å². The van der Waals surface area contributed by atoms with Crippen LogP contribution in [0.25, 0.3) is 22.1 Å². The lowest BCUT2D eigenvalue weighted by Gasteiger charge is -2.34. The maximum Gasteiger partial charge on any atom is 0.344 e. The van der Waals surface area contributed by atoms with Crippen molar-refractivity contribution in [3.63, 3.8) is 0 Å². The van der Waals surface area contributed by atoms with Crippen molar-refractivity contribution < 1.29 is 13.9 Å². The smallest absolute Gasteiger partial charge is 0.344 e. The largest absolute Gasteiger partial charge is 0.457 e. The zero-order valence-corrected chi connectivity index (χ0v) is 21.8. The molecule has 1 aromatic heterocycles. The van der Waals surface area contributed by atoms with Gasteiger partial charge in [0.25, 0.3) is 0 Å². The van der Waals surface area contributed by atoms with Crippen molar-refractivity contribution in [2.75, 3.05) is 0 Å². The van der Waals surface area contributed by atoms with Crippen LogP contribution in [0.2, 0.25) is 0 Å². The van der Waals surface area contributed by atoms with Crippen LogP contribution in [-0.2, 0) is 22.4 Å². The Labute approximate surface area is 209 Å². The van der Waals surface area contributed by atoms with Gasteiger partial charge in [0, 0.05) is 11.5 Å². The van der Waals surface area contributed by atoms with Gasteiger partial charge in [-0.1, -0.05) is 76.6 Å². The van der Waals surface area contributed by atoms with Gasteiger partial charge in [-0.15, -0.1) is 0 Å². The molecule has 2 aromatic carbocycles. The summed E-state index contributed by atoms with van der Waals surface area (Å²) in [7, 11) is 0. The first-order chi connectivity index (χ1) is 16.5. The average molecular weight is 475 g/mol. The van der Waals surface area contributed by atoms with Crippen molar-refractivity contribution >= 4 is 16.9 Å². The molecule has 3 aromatic rings. The normalized spacial score (nSPS) is 12.0. The van der Waals surface area contributed by atoms with Crippen LogP contribution in [0, 0.1) is 5.41 Å². The van der Waals surface area contributed by atoms with Gasteiger partial charge >= 0.3 is 11.6 Å². The molecule has 0 saturated carbocycles. The van der Waals surface area contributed by atoms with Crippen LogP contribution in [0.15, 0.2) is 70.4 Å². The zero-order valence-electron chi connectivity index (χ0n) is 21.8. The van der Waals surface area contributed by atoms with Gasteiger partial charge in [-0.2, -0.15) is 0 Å². The second kappa shape index (κ2) is 11.1. The van der Waals surface area contributed by atoms with Crippen molar-refractivity contribution in [1.82, 2.24) is 0 Å². The molecule has 0 saturated heterocycles. The lowest BCUT2D eigenvalue weighted by Crippen LogP contribution is -2.34. The number of hydrogen-bond acceptors (Lipinski definition) is 4. The molecule has 0 aliphatic heterocycles. The molecule has 0 aliphatic rings. The molecular formula is C31H38O4. The van der Waals surface area contributed by atoms with Crippen LogP contribution in [0.5, 0.6) is 0 Å². The lowest BCUT2D eigenvalue weighted by atomic mass is 9.77. The molecule has 0 aliphatic carbocycles. The molecule has 1 heterocycles. The maximum atomic E-state index is 12.8. The van der Waals surface area contributed by atoms with E-state index < -0.39 is 11.6 Å². The molecule has 0 N–H and O–H groups in total. The number of rotatable bonds is 11. The summed E-state index contributed by atoms with van der Waals surface area (Å²) < 4.78 is 11.3. The third-order valence-corrected chi connectivity index (χ3v) is 6.26. The highest BCUT2D eigenvalue weighted by Crippen LogP contribution is 2.34. The van der Waals surface area contributed by atoms with Gasteiger partial charge in [0.2, 0.25) is 0 Å². The fraction of sp³-hybridized carbons (Fsp3) is 0.419. The standard InChI is InChI=1S/C31H38O4/c1-7-9-10-11-22-12-15-24(16-13-22)26-19-25-17-14-23(18-27(25)34-29(26)33)20-30(3,4)21-31(5,6)35-28(32)8-2/h8,12-19H,2,7,9-11,20-21H2,1,3-6H3. The Kier molecular flexibility index (Phi) is 8.37. The minimum absolute atomic E-state index is 0.141. The first-order valence-corrected chi connectivity index (χ1v) is 12.5. The van der Waals surface area contributed by atoms with Crippen molar-refractivity contribution in [1.29, 1.82) is 0 Å². The maximum absolute atomic E-state index is 12.8. The highest BCUT2D eigenvalue weighted by molar-refractivity contribution is 5.82. The van der Waals surface area contributed by atoms with Crippen LogP contribution < -0.4 is 5.63 Å². The summed E-state index contributed by atoms with van der Waals surface area (Å²) in [5.74, 6) is -0.416. The Morgan fingerprint density at radius 3 is 2.34 bits per heavy atom. The summed E-state index contributed by atoms with van der Waals surface area (Å²) in [6.45, 7) is 13.8. The molecular weight excluding hydrogens is 436 g/mol. The second-order valence-corrected chi connectivity index (χ2v) is 10.9. The minimum Gasteiger partial charge on any atom is -0.457 e. The number of benzene rings is 2. The Hall–Kier alpha value is -3.14. The van der Waals surface area contributed by atoms with E-state index in [9.17, 15) is 9.59 Å². The van der Waals surface area contributed by atoms with E-state index in [1.807, 2.05) is 44.2 Å². The molecule has 3 rings (SSSR count). The SMILES string of the molecule is C=CC(=O)OC(C)(C)CC(C)(C)Cc1ccc2cc(-c3ccc(CCCCC)cc3)c(=O)oc2c1. The van der Waals surface area contributed by atoms with Gasteiger partial charge < -0.3 is 9.15 Å². The van der Waals surface area contributed by atoms with Crippen LogP contribution in [-0.4, -0.2) is 11.6 Å². The highest BCUT2D eigenvalue weighted by Gasteiger charge is 2.31. The molecule has 0 radical (unpaired) electrons. The zero-order chi connectivity index (χ0) is 25.6. The summed E-state index contributed by atoms with van der Waals surface area (Å²) >= 11 is 0. The van der Waals surface area contributed by atoms with Gasteiger partial charge in [-0.05, 0) is 73.8 Å². The number of unbranched alkanes of at least 4 members (excludes halogenated alkanes) is 2. The summed E-state index contributed by atoms with van der Waals surface area (Å²) in [6.07, 6.45) is 7.31. The van der Waals surface area contributed by atoms with Gasteiger partial charge in [-0.3, -0.25) is 0 Å². The molecule has 35 heavy (non-hydrogen) atoms. The number of carbonyl (C=O) groups excluding carboxylic acids is 1. The number of hydrogen-bond donors (Lipinski definition) is 0. The summed E-state index contributed by atoms with van der Waals surface area (Å²) in [5.41, 5.74) is 3.32. The Morgan fingerprint density at radius 2 is 1.69 bits per heavy atom. The Bertz CT molecular complexity index is 1230. The summed E-state index contributed by atoms with van der Waals surface area (Å²) in [4.78, 5) is 24.5. The molecule has 0 fully saturated rings. The predicted molar refractivity (Wildman–Crippen MR) is 144 cm³/mol. The molecule has 0 bridgehead atoms. The van der Waals surface area contributed by atoms with E-state index in [0.29, 0.717) is 17.6 Å². The van der Waals surface area contributed by atoms with Gasteiger partial charge in [0.15, 0.2) is 0 Å². The third kappa shape index (κ3) is 7.42. The number of aryl methyl sites for hydroxylation is 1. The molecule has 4 nitrogen and oxygen atoms in total. The van der Waals surface area contributed by atoms with Gasteiger partial charge in [-0.25, -0.2) is 9.59 Å². The number of fused-ring (bicyclic) bond motifs is 1. The molecule has 186 valence electrons. The lowest BCUT2D eigenvalue weighted by molar-refractivity contribution is -0.152. The second-order valence-electron chi connectivity index (χ2n) is 10.9. The van der Waals surface area contributed by atoms with Crippen LogP contribution in [0.1, 0.15) is 71.4 Å². The fourth-order valence-electron chi connectivity index (χ4n) is 5.01. The number of ether oxygens (including phenoxy) is 1. The van der Waals surface area contributed by atoms with Crippen molar-refractivity contribution in [2.24, 2.45) is 5.41 Å². The Balaban J connectivity index is 1.78. The minimum atomic E-state index is -0.612. The molecule has 0 unspecified atom stereocenters. The predicted octanol–water partition coefficient (Wildman–Crippen LogP) is 7.66. The average Bonchev–Trinajstić information content (AvgIpc) is 2.78. The van der Waals surface area contributed by atoms with E-state index in [2.05, 4.69) is 45.5 Å². The van der Waals surface area contributed by atoms with E-state index in [-0.39, 0.29) is 11.0 Å². The number of carbonyl (C=O) groups is 1. The third-order valence-electron chi connectivity index (χ3n) is 6.26. The topological polar surface area (TPSA) is 56.5 Å². The fourth-order valence-corrected chi connectivity index (χ4v) is 5.01. The van der Waals surface area contributed by atoms with Crippen molar-refractivity contribution in [3.05, 3.63) is 82.7 Å². The van der Waals surface area contributed by atoms with Crippen molar-refractivity contribution in [2.45, 2.75) is 78.7 Å². The van der Waals surface area contributed by atoms with E-state index in [0.717, 1.165) is 29.4 Å². The monoisotopic (exact) mass is 474 g/mol. The van der Waals surface area contributed by atoms with Gasteiger partial charge in [0.1, 0.15) is 11.2 Å². The van der Waals surface area contributed by atoms with Crippen LogP contribution in [0.4, 0.5) is 0 Å². The van der Waals surface area contributed by atoms with E-state index in [1.165, 1.54) is 30.9 Å². The van der Waals surface area contributed by atoms with E-state index in [4.69, 9.17) is 9.15 Å². The summed E-state index contributed by atoms with van der Waals surface area (Å²) in [6, 6.07) is 16.2. The Morgan fingerprint density at radius 1 is 1.00 bits per heavy atom. The highest BCUT2D eigenvalue weighted by atomic mass is 16.6. The van der Waals surface area contributed by atoms with E-state index >= 15 is 0 Å². The number of esters is 1. The quantitative estimate of drug-likeness (QED) is 0.124. The molecule has 0 amide bonds. The summed E-state index contributed by atoms with van der Waals surface area (Å²) in [5, 5.41) is 0.897. The molecule has 0 spiro atoms. The van der Waals surface area contributed by atoms with Crippen LogP contribution >= 0.6 is 0 Å². The molecule has 4 heteroatoms. The van der Waals surface area contributed by atoms with Crippen molar-refractivity contribution in [3.8, 4) is 11.1 Å². The van der Waals surface area contributed by atoms with Crippen LogP contribution in [0.3, 0.4) is 0 Å². The van der Waals surface area contributed by atoms with Gasteiger partial charge in [0.05, 0.1) is 5.56 Å². The molecule has 0 atom stereocenters.